The van der Waals surface area contributed by atoms with Crippen LogP contribution in [0.2, 0.25) is 5.02 Å². The molecule has 0 fully saturated rings. The van der Waals surface area contributed by atoms with E-state index in [0.29, 0.717) is 9.90 Å². The Hall–Kier alpha value is -1.79. The van der Waals surface area contributed by atoms with E-state index in [1.165, 1.54) is 35.7 Å². The van der Waals surface area contributed by atoms with Crippen molar-refractivity contribution in [2.75, 3.05) is 5.32 Å². The van der Waals surface area contributed by atoms with Gasteiger partial charge in [-0.3, -0.25) is 4.79 Å². The topological polar surface area (TPSA) is 29.1 Å². The van der Waals surface area contributed by atoms with Crippen molar-refractivity contribution in [3.63, 3.8) is 0 Å². The molecule has 0 aliphatic carbocycles. The van der Waals surface area contributed by atoms with Gasteiger partial charge in [-0.1, -0.05) is 17.7 Å². The number of allylic oxidation sites excluding steroid dienone is 1. The number of thiophene rings is 1. The van der Waals surface area contributed by atoms with Gasteiger partial charge in [0, 0.05) is 18.0 Å². The van der Waals surface area contributed by atoms with E-state index < -0.39 is 11.7 Å². The monoisotopic (exact) mass is 331 g/mol. The molecule has 0 aliphatic heterocycles. The molecule has 0 saturated carbocycles. The fourth-order valence-electron chi connectivity index (χ4n) is 1.54. The van der Waals surface area contributed by atoms with E-state index in [4.69, 9.17) is 11.6 Å². The molecule has 0 amide bonds. The lowest BCUT2D eigenvalue weighted by Gasteiger charge is -2.08. The summed E-state index contributed by atoms with van der Waals surface area (Å²) in [5.41, 5.74) is -0.514. The van der Waals surface area contributed by atoms with E-state index in [0.717, 1.165) is 12.1 Å². The summed E-state index contributed by atoms with van der Waals surface area (Å²) in [6.07, 6.45) is -1.90. The highest BCUT2D eigenvalue weighted by Crippen LogP contribution is 2.30. The van der Waals surface area contributed by atoms with Crippen LogP contribution >= 0.6 is 22.9 Å². The zero-order valence-corrected chi connectivity index (χ0v) is 12.0. The molecule has 0 radical (unpaired) electrons. The Bertz CT molecular complexity index is 679. The van der Waals surface area contributed by atoms with Crippen molar-refractivity contribution in [1.82, 2.24) is 0 Å². The number of carbonyl (C=O) groups is 1. The molecule has 0 unspecified atom stereocenters. The zero-order chi connectivity index (χ0) is 15.5. The van der Waals surface area contributed by atoms with Crippen molar-refractivity contribution in [2.45, 2.75) is 6.18 Å². The Morgan fingerprint density at radius 3 is 2.67 bits per heavy atom. The first kappa shape index (κ1) is 15.6. The lowest BCUT2D eigenvalue weighted by Crippen LogP contribution is -2.05. The Balaban J connectivity index is 2.05. The van der Waals surface area contributed by atoms with Gasteiger partial charge < -0.3 is 5.32 Å². The molecule has 21 heavy (non-hydrogen) atoms. The second-order valence-electron chi connectivity index (χ2n) is 4.02. The molecule has 0 aliphatic rings. The third-order valence-corrected chi connectivity index (χ3v) is 3.87. The van der Waals surface area contributed by atoms with E-state index in [-0.39, 0.29) is 11.5 Å². The summed E-state index contributed by atoms with van der Waals surface area (Å²) in [4.78, 5) is 12.1. The molecule has 110 valence electrons. The van der Waals surface area contributed by atoms with Gasteiger partial charge in [-0.25, -0.2) is 0 Å². The molecule has 0 atom stereocenters. The predicted octanol–water partition coefficient (Wildman–Crippen LogP) is 5.23. The van der Waals surface area contributed by atoms with Crippen LogP contribution in [0.25, 0.3) is 0 Å². The quantitative estimate of drug-likeness (QED) is 0.614. The molecular weight excluding hydrogens is 323 g/mol. The normalized spacial score (nSPS) is 11.8. The second-order valence-corrected chi connectivity index (χ2v) is 5.34. The van der Waals surface area contributed by atoms with E-state index in [9.17, 15) is 18.0 Å². The summed E-state index contributed by atoms with van der Waals surface area (Å²) in [6, 6.07) is 6.31. The first-order valence-electron chi connectivity index (χ1n) is 5.75. The number of anilines is 1. The summed E-state index contributed by atoms with van der Waals surface area (Å²) in [5, 5.41) is 4.67. The van der Waals surface area contributed by atoms with Crippen molar-refractivity contribution in [1.29, 1.82) is 0 Å². The smallest absolute Gasteiger partial charge is 0.362 e. The van der Waals surface area contributed by atoms with Gasteiger partial charge in [0.2, 0.25) is 0 Å². The van der Waals surface area contributed by atoms with Crippen LogP contribution in [0, 0.1) is 0 Å². The summed E-state index contributed by atoms with van der Waals surface area (Å²) in [7, 11) is 0. The molecule has 2 aromatic rings. The first-order valence-corrected chi connectivity index (χ1v) is 7.01. The molecule has 2 rings (SSSR count). The van der Waals surface area contributed by atoms with Crippen LogP contribution in [-0.4, -0.2) is 5.78 Å². The van der Waals surface area contributed by atoms with Crippen LogP contribution in [0.3, 0.4) is 0 Å². The molecular formula is C14H9ClF3NOS. The van der Waals surface area contributed by atoms with Gasteiger partial charge in [0.25, 0.3) is 0 Å². The molecule has 0 bridgehead atoms. The number of alkyl halides is 3. The predicted molar refractivity (Wildman–Crippen MR) is 77.9 cm³/mol. The Kier molecular flexibility index (Phi) is 4.69. The maximum atomic E-state index is 12.5. The van der Waals surface area contributed by atoms with Crippen LogP contribution in [0.1, 0.15) is 15.2 Å². The van der Waals surface area contributed by atoms with Gasteiger partial charge in [-0.2, -0.15) is 13.2 Å². The molecule has 0 saturated heterocycles. The van der Waals surface area contributed by atoms with Crippen molar-refractivity contribution in [3.8, 4) is 0 Å². The average Bonchev–Trinajstić information content (AvgIpc) is 2.84. The highest BCUT2D eigenvalue weighted by Gasteiger charge is 2.30. The van der Waals surface area contributed by atoms with Crippen LogP contribution in [0.5, 0.6) is 0 Å². The number of halogens is 4. The molecule has 1 aromatic heterocycles. The largest absolute Gasteiger partial charge is 0.416 e. The van der Waals surface area contributed by atoms with E-state index in [1.807, 2.05) is 0 Å². The fraction of sp³-hybridized carbons (Fsp3) is 0.0714. The number of ketones is 1. The highest BCUT2D eigenvalue weighted by atomic mass is 35.5. The number of carbonyl (C=O) groups excluding carboxylic acids is 1. The average molecular weight is 332 g/mol. The van der Waals surface area contributed by atoms with Crippen molar-refractivity contribution >= 4 is 34.4 Å². The van der Waals surface area contributed by atoms with Gasteiger partial charge in [-0.05, 0) is 29.6 Å². The van der Waals surface area contributed by atoms with Crippen LogP contribution in [0.4, 0.5) is 18.9 Å². The molecule has 1 heterocycles. The third-order valence-electron chi connectivity index (χ3n) is 2.52. The number of hydrogen-bond donors (Lipinski definition) is 1. The highest BCUT2D eigenvalue weighted by molar-refractivity contribution is 7.13. The van der Waals surface area contributed by atoms with E-state index in [2.05, 4.69) is 5.32 Å². The van der Waals surface area contributed by atoms with Gasteiger partial charge >= 0.3 is 6.18 Å². The van der Waals surface area contributed by atoms with Crippen molar-refractivity contribution in [2.24, 2.45) is 0 Å². The summed E-state index contributed by atoms with van der Waals surface area (Å²) < 4.78 is 37.6. The Labute approximate surface area is 127 Å². The Morgan fingerprint density at radius 2 is 2.05 bits per heavy atom. The molecule has 1 N–H and O–H groups in total. The van der Waals surface area contributed by atoms with Gasteiger partial charge in [0.15, 0.2) is 5.78 Å². The van der Waals surface area contributed by atoms with Crippen LogP contribution in [-0.2, 0) is 6.18 Å². The minimum Gasteiger partial charge on any atom is -0.362 e. The van der Waals surface area contributed by atoms with Gasteiger partial charge in [0.1, 0.15) is 0 Å². The Morgan fingerprint density at radius 1 is 1.29 bits per heavy atom. The summed E-state index contributed by atoms with van der Waals surface area (Å²) >= 11 is 7.01. The number of benzene rings is 1. The lowest BCUT2D eigenvalue weighted by atomic mass is 10.2. The maximum Gasteiger partial charge on any atom is 0.416 e. The van der Waals surface area contributed by atoms with Gasteiger partial charge in [-0.15, -0.1) is 11.3 Å². The molecule has 7 heteroatoms. The lowest BCUT2D eigenvalue weighted by molar-refractivity contribution is -0.137. The fourth-order valence-corrected chi connectivity index (χ4v) is 2.61. The van der Waals surface area contributed by atoms with Crippen molar-refractivity contribution < 1.29 is 18.0 Å². The minimum absolute atomic E-state index is 0.242. The minimum atomic E-state index is -4.40. The third kappa shape index (κ3) is 4.09. The van der Waals surface area contributed by atoms with Crippen LogP contribution < -0.4 is 5.32 Å². The maximum absolute atomic E-state index is 12.5. The van der Waals surface area contributed by atoms with E-state index in [1.54, 1.807) is 11.4 Å². The summed E-state index contributed by atoms with van der Waals surface area (Å²) in [6.45, 7) is 0. The number of rotatable bonds is 4. The van der Waals surface area contributed by atoms with Crippen LogP contribution in [0.15, 0.2) is 48.0 Å². The molecule has 1 aromatic carbocycles. The second kappa shape index (κ2) is 6.32. The number of hydrogen-bond acceptors (Lipinski definition) is 3. The van der Waals surface area contributed by atoms with Gasteiger partial charge in [0.05, 0.1) is 15.5 Å². The number of nitrogens with one attached hydrogen (secondary N) is 1. The summed E-state index contributed by atoms with van der Waals surface area (Å²) in [5.74, 6) is -0.311. The molecule has 2 nitrogen and oxygen atoms in total. The molecule has 0 spiro atoms. The SMILES string of the molecule is O=C(C=CNc1cccc(C(F)(F)F)c1)c1sccc1Cl. The van der Waals surface area contributed by atoms with Crippen molar-refractivity contribution in [3.05, 3.63) is 63.5 Å². The zero-order valence-electron chi connectivity index (χ0n) is 10.4. The standard InChI is InChI=1S/C14H9ClF3NOS/c15-11-5-7-21-13(11)12(20)4-6-19-10-3-1-2-9(8-10)14(16,17)18/h1-8,19H. The van der Waals surface area contributed by atoms with E-state index >= 15 is 0 Å². The first-order chi connectivity index (χ1) is 9.88.